The molecule has 1 N–H and O–H groups in total. The van der Waals surface area contributed by atoms with E-state index in [2.05, 4.69) is 10.3 Å². The second kappa shape index (κ2) is 2.26. The molecular weight excluding hydrogens is 124 g/mol. The monoisotopic (exact) mass is 138 g/mol. The van der Waals surface area contributed by atoms with Gasteiger partial charge in [0.2, 0.25) is 0 Å². The van der Waals surface area contributed by atoms with E-state index in [0.29, 0.717) is 5.54 Å². The Balaban J connectivity index is 2.00. The Morgan fingerprint density at radius 2 is 2.00 bits per heavy atom. The molecule has 2 rings (SSSR count). The van der Waals surface area contributed by atoms with Gasteiger partial charge in [0.1, 0.15) is 0 Å². The average Bonchev–Trinajstić information content (AvgIpc) is 2.39. The molecule has 2 heteroatoms. The minimum atomic E-state index is 0.401. The normalized spacial score (nSPS) is 28.8. The van der Waals surface area contributed by atoms with Crippen LogP contribution in [0.2, 0.25) is 0 Å². The Labute approximate surface area is 61.7 Å². The van der Waals surface area contributed by atoms with Gasteiger partial charge < -0.3 is 5.32 Å². The minimum Gasteiger partial charge on any atom is -0.369 e. The van der Waals surface area contributed by atoms with Gasteiger partial charge in [0.15, 0.2) is 0 Å². The molecule has 1 aliphatic carbocycles. The van der Waals surface area contributed by atoms with Gasteiger partial charge in [-0.15, -0.1) is 0 Å². The molecule has 0 saturated heterocycles. The fourth-order valence-corrected chi connectivity index (χ4v) is 1.98. The average molecular weight is 138 g/mol. The van der Waals surface area contributed by atoms with E-state index in [9.17, 15) is 0 Å². The molecule has 0 radical (unpaired) electrons. The fourth-order valence-electron chi connectivity index (χ4n) is 1.98. The predicted molar refractivity (Wildman–Crippen MR) is 42.3 cm³/mol. The first-order valence-corrected chi connectivity index (χ1v) is 4.17. The molecule has 2 aliphatic rings. The molecule has 1 spiro atoms. The largest absolute Gasteiger partial charge is 0.369 e. The Kier molecular flexibility index (Phi) is 1.40. The highest BCUT2D eigenvalue weighted by Gasteiger charge is 2.32. The van der Waals surface area contributed by atoms with Gasteiger partial charge in [0, 0.05) is 0 Å². The van der Waals surface area contributed by atoms with Gasteiger partial charge in [-0.05, 0) is 12.8 Å². The van der Waals surface area contributed by atoms with Gasteiger partial charge in [-0.3, -0.25) is 4.99 Å². The molecule has 1 aliphatic heterocycles. The van der Waals surface area contributed by atoms with E-state index in [1.54, 1.807) is 0 Å². The number of hydrogen-bond donors (Lipinski definition) is 1. The van der Waals surface area contributed by atoms with Crippen LogP contribution in [0.15, 0.2) is 4.99 Å². The lowest BCUT2D eigenvalue weighted by molar-refractivity contribution is 0.290. The maximum atomic E-state index is 4.22. The van der Waals surface area contributed by atoms with Crippen LogP contribution in [0, 0.1) is 0 Å². The summed E-state index contributed by atoms with van der Waals surface area (Å²) >= 11 is 0. The first kappa shape index (κ1) is 6.20. The first-order valence-electron chi connectivity index (χ1n) is 4.17. The SMILES string of the molecule is C1=NCC2(CCCCC2)N1. The van der Waals surface area contributed by atoms with Crippen molar-refractivity contribution in [3.63, 3.8) is 0 Å². The quantitative estimate of drug-likeness (QED) is 0.536. The molecular formula is C8H14N2. The molecule has 0 bridgehead atoms. The van der Waals surface area contributed by atoms with E-state index < -0.39 is 0 Å². The zero-order valence-electron chi connectivity index (χ0n) is 6.27. The van der Waals surface area contributed by atoms with E-state index in [1.807, 2.05) is 6.34 Å². The van der Waals surface area contributed by atoms with Crippen molar-refractivity contribution in [3.8, 4) is 0 Å². The highest BCUT2D eigenvalue weighted by atomic mass is 15.1. The molecule has 2 nitrogen and oxygen atoms in total. The summed E-state index contributed by atoms with van der Waals surface area (Å²) in [6.07, 6.45) is 8.72. The number of nitrogens with zero attached hydrogens (tertiary/aromatic N) is 1. The van der Waals surface area contributed by atoms with E-state index in [0.717, 1.165) is 6.54 Å². The van der Waals surface area contributed by atoms with Crippen LogP contribution < -0.4 is 5.32 Å². The summed E-state index contributed by atoms with van der Waals surface area (Å²) in [5.41, 5.74) is 0.401. The molecule has 0 amide bonds. The summed E-state index contributed by atoms with van der Waals surface area (Å²) in [4.78, 5) is 4.22. The Bertz CT molecular complexity index is 135. The van der Waals surface area contributed by atoms with Crippen molar-refractivity contribution in [2.45, 2.75) is 37.6 Å². The summed E-state index contributed by atoms with van der Waals surface area (Å²) in [6.45, 7) is 1.02. The van der Waals surface area contributed by atoms with Crippen molar-refractivity contribution < 1.29 is 0 Å². The molecule has 0 aromatic rings. The second-order valence-electron chi connectivity index (χ2n) is 3.46. The second-order valence-corrected chi connectivity index (χ2v) is 3.46. The van der Waals surface area contributed by atoms with Crippen LogP contribution in [0.5, 0.6) is 0 Å². The van der Waals surface area contributed by atoms with Crippen molar-refractivity contribution >= 4 is 6.34 Å². The van der Waals surface area contributed by atoms with Gasteiger partial charge in [-0.1, -0.05) is 19.3 Å². The van der Waals surface area contributed by atoms with Crippen LogP contribution in [-0.4, -0.2) is 18.4 Å². The summed E-state index contributed by atoms with van der Waals surface area (Å²) in [6, 6.07) is 0. The van der Waals surface area contributed by atoms with Gasteiger partial charge in [0.05, 0.1) is 18.4 Å². The van der Waals surface area contributed by atoms with Gasteiger partial charge in [-0.2, -0.15) is 0 Å². The van der Waals surface area contributed by atoms with Crippen molar-refractivity contribution in [3.05, 3.63) is 0 Å². The molecule has 1 fully saturated rings. The van der Waals surface area contributed by atoms with Crippen LogP contribution in [0.1, 0.15) is 32.1 Å². The highest BCUT2D eigenvalue weighted by Crippen LogP contribution is 2.29. The van der Waals surface area contributed by atoms with Crippen LogP contribution in [0.25, 0.3) is 0 Å². The standard InChI is InChI=1S/C8H14N2/c1-2-4-8(5-3-1)6-9-7-10-8/h7H,1-6H2,(H,9,10). The minimum absolute atomic E-state index is 0.401. The van der Waals surface area contributed by atoms with Gasteiger partial charge >= 0.3 is 0 Å². The Morgan fingerprint density at radius 1 is 1.20 bits per heavy atom. The van der Waals surface area contributed by atoms with Crippen LogP contribution in [0.3, 0.4) is 0 Å². The third-order valence-electron chi connectivity index (χ3n) is 2.67. The topological polar surface area (TPSA) is 24.4 Å². The number of rotatable bonds is 0. The van der Waals surface area contributed by atoms with Gasteiger partial charge in [0.25, 0.3) is 0 Å². The van der Waals surface area contributed by atoms with E-state index in [4.69, 9.17) is 0 Å². The Morgan fingerprint density at radius 3 is 2.60 bits per heavy atom. The summed E-state index contributed by atoms with van der Waals surface area (Å²) in [7, 11) is 0. The summed E-state index contributed by atoms with van der Waals surface area (Å²) in [5.74, 6) is 0. The van der Waals surface area contributed by atoms with Crippen molar-refractivity contribution in [2.75, 3.05) is 6.54 Å². The maximum absolute atomic E-state index is 4.22. The lowest BCUT2D eigenvalue weighted by Crippen LogP contribution is -2.44. The number of nitrogens with one attached hydrogen (secondary N) is 1. The molecule has 0 unspecified atom stereocenters. The van der Waals surface area contributed by atoms with Gasteiger partial charge in [-0.25, -0.2) is 0 Å². The third-order valence-corrected chi connectivity index (χ3v) is 2.67. The van der Waals surface area contributed by atoms with E-state index >= 15 is 0 Å². The molecule has 56 valence electrons. The lowest BCUT2D eigenvalue weighted by atomic mass is 9.82. The van der Waals surface area contributed by atoms with E-state index in [-0.39, 0.29) is 0 Å². The lowest BCUT2D eigenvalue weighted by Gasteiger charge is -2.32. The van der Waals surface area contributed by atoms with Crippen molar-refractivity contribution in [1.82, 2.24) is 5.32 Å². The molecule has 0 aromatic carbocycles. The van der Waals surface area contributed by atoms with Crippen LogP contribution in [0.4, 0.5) is 0 Å². The maximum Gasteiger partial charge on any atom is 0.0829 e. The first-order chi connectivity index (χ1) is 4.91. The fraction of sp³-hybridized carbons (Fsp3) is 0.875. The smallest absolute Gasteiger partial charge is 0.0829 e. The van der Waals surface area contributed by atoms with Crippen LogP contribution >= 0.6 is 0 Å². The Hall–Kier alpha value is -0.530. The predicted octanol–water partition coefficient (Wildman–Crippen LogP) is 1.32. The van der Waals surface area contributed by atoms with Crippen LogP contribution in [-0.2, 0) is 0 Å². The summed E-state index contributed by atoms with van der Waals surface area (Å²) < 4.78 is 0. The molecule has 0 atom stereocenters. The van der Waals surface area contributed by atoms with E-state index in [1.165, 1.54) is 32.1 Å². The number of hydrogen-bond acceptors (Lipinski definition) is 2. The third kappa shape index (κ3) is 0.917. The highest BCUT2D eigenvalue weighted by molar-refractivity contribution is 5.58. The molecule has 1 heterocycles. The zero-order valence-corrected chi connectivity index (χ0v) is 6.27. The molecule has 10 heavy (non-hydrogen) atoms. The van der Waals surface area contributed by atoms with Crippen molar-refractivity contribution in [1.29, 1.82) is 0 Å². The summed E-state index contributed by atoms with van der Waals surface area (Å²) in [5, 5.41) is 3.38. The molecule has 1 saturated carbocycles. The molecule has 0 aromatic heterocycles. The number of aliphatic imine (C=N–C) groups is 1. The van der Waals surface area contributed by atoms with Crippen molar-refractivity contribution in [2.24, 2.45) is 4.99 Å². The zero-order chi connectivity index (χ0) is 6.86.